The van der Waals surface area contributed by atoms with Crippen LogP contribution in [0.1, 0.15) is 5.56 Å². The second-order valence-corrected chi connectivity index (χ2v) is 9.86. The maximum atomic E-state index is 12.6. The van der Waals surface area contributed by atoms with Crippen LogP contribution in [0.4, 0.5) is 21.0 Å². The van der Waals surface area contributed by atoms with Crippen LogP contribution in [0.5, 0.6) is 5.75 Å². The molecule has 3 amide bonds. The fourth-order valence-corrected chi connectivity index (χ4v) is 4.50. The summed E-state index contributed by atoms with van der Waals surface area (Å²) in [5.74, 6) is 0.588. The number of hydrogen-bond acceptors (Lipinski definition) is 6. The van der Waals surface area contributed by atoms with Gasteiger partial charge in [0.25, 0.3) is 0 Å². The van der Waals surface area contributed by atoms with Crippen molar-refractivity contribution in [2.75, 3.05) is 36.9 Å². The van der Waals surface area contributed by atoms with Crippen LogP contribution < -0.4 is 15.4 Å². The van der Waals surface area contributed by atoms with Gasteiger partial charge >= 0.3 is 12.1 Å². The highest BCUT2D eigenvalue weighted by molar-refractivity contribution is 6.30. The van der Waals surface area contributed by atoms with Gasteiger partial charge in [0.2, 0.25) is 0 Å². The fraction of sp³-hybridized carbons (Fsp3) is 0.233. The first-order chi connectivity index (χ1) is 19.9. The smallest absolute Gasteiger partial charge is 0.410 e. The van der Waals surface area contributed by atoms with Crippen LogP contribution in [0.15, 0.2) is 85.1 Å². The van der Waals surface area contributed by atoms with Gasteiger partial charge in [-0.25, -0.2) is 9.59 Å². The lowest BCUT2D eigenvalue weighted by atomic mass is 10.1. The van der Waals surface area contributed by atoms with Crippen LogP contribution in [0, 0.1) is 0 Å². The maximum absolute atomic E-state index is 12.6. The predicted molar refractivity (Wildman–Crippen MR) is 156 cm³/mol. The molecule has 0 saturated carbocycles. The summed E-state index contributed by atoms with van der Waals surface area (Å²) in [6.45, 7) is 1.61. The van der Waals surface area contributed by atoms with Crippen LogP contribution in [0.25, 0.3) is 11.3 Å². The zero-order valence-corrected chi connectivity index (χ0v) is 23.2. The summed E-state index contributed by atoms with van der Waals surface area (Å²) in [6, 6.07) is 23.2. The molecule has 0 spiro atoms. The summed E-state index contributed by atoms with van der Waals surface area (Å²) in [6.07, 6.45) is 0.968. The number of ether oxygens (including phenoxy) is 3. The number of morpholine rings is 1. The third kappa shape index (κ3) is 7.56. The SMILES string of the molecule is Cn1nccc1-c1cc(NC(=O)Nc2ccc(Cl)cc2)ccc1OCC1CN(C(=O)OCc2ccccc2)CCO1. The number of nitrogens with zero attached hydrogens (tertiary/aromatic N) is 3. The van der Waals surface area contributed by atoms with Gasteiger partial charge in [0, 0.05) is 41.8 Å². The van der Waals surface area contributed by atoms with Crippen LogP contribution in [0.3, 0.4) is 0 Å². The van der Waals surface area contributed by atoms with Crippen molar-refractivity contribution in [1.82, 2.24) is 14.7 Å². The van der Waals surface area contributed by atoms with Crippen LogP contribution in [-0.2, 0) is 23.1 Å². The minimum atomic E-state index is -0.396. The molecule has 1 saturated heterocycles. The predicted octanol–water partition coefficient (Wildman–Crippen LogP) is 5.80. The Bertz CT molecular complexity index is 1480. The summed E-state index contributed by atoms with van der Waals surface area (Å²) in [5.41, 5.74) is 3.66. The van der Waals surface area contributed by atoms with E-state index in [9.17, 15) is 9.59 Å². The van der Waals surface area contributed by atoms with Gasteiger partial charge in [0.1, 0.15) is 25.1 Å². The summed E-state index contributed by atoms with van der Waals surface area (Å²) in [7, 11) is 1.83. The molecule has 0 aliphatic carbocycles. The first-order valence-electron chi connectivity index (χ1n) is 13.1. The third-order valence-corrected chi connectivity index (χ3v) is 6.72. The Labute approximate surface area is 242 Å². The van der Waals surface area contributed by atoms with Gasteiger partial charge < -0.3 is 29.7 Å². The van der Waals surface area contributed by atoms with E-state index in [1.54, 1.807) is 52.2 Å². The summed E-state index contributed by atoms with van der Waals surface area (Å²) >= 11 is 5.92. The number of rotatable bonds is 8. The molecule has 1 unspecified atom stereocenters. The van der Waals surface area contributed by atoms with Gasteiger partial charge in [-0.3, -0.25) is 4.68 Å². The molecule has 2 heterocycles. The van der Waals surface area contributed by atoms with E-state index < -0.39 is 6.03 Å². The third-order valence-electron chi connectivity index (χ3n) is 6.46. The lowest BCUT2D eigenvalue weighted by Gasteiger charge is -2.32. The lowest BCUT2D eigenvalue weighted by molar-refractivity contribution is -0.0458. The molecule has 0 bridgehead atoms. The lowest BCUT2D eigenvalue weighted by Crippen LogP contribution is -2.47. The highest BCUT2D eigenvalue weighted by atomic mass is 35.5. The molecule has 1 fully saturated rings. The molecule has 41 heavy (non-hydrogen) atoms. The molecule has 1 atom stereocenters. The Morgan fingerprint density at radius 3 is 2.54 bits per heavy atom. The first kappa shape index (κ1) is 28.0. The number of carbonyl (C=O) groups excluding carboxylic acids is 2. The maximum Gasteiger partial charge on any atom is 0.410 e. The van der Waals surface area contributed by atoms with Gasteiger partial charge in [-0.05, 0) is 54.1 Å². The van der Waals surface area contributed by atoms with Crippen LogP contribution in [0.2, 0.25) is 5.02 Å². The highest BCUT2D eigenvalue weighted by Crippen LogP contribution is 2.33. The number of anilines is 2. The number of nitrogens with one attached hydrogen (secondary N) is 2. The number of aromatic nitrogens is 2. The molecule has 11 heteroatoms. The molecular formula is C30H30ClN5O5. The highest BCUT2D eigenvalue weighted by Gasteiger charge is 2.26. The Morgan fingerprint density at radius 1 is 1.02 bits per heavy atom. The Balaban J connectivity index is 1.22. The minimum Gasteiger partial charge on any atom is -0.490 e. The van der Waals surface area contributed by atoms with Gasteiger partial charge in [0.05, 0.1) is 18.8 Å². The quantitative estimate of drug-likeness (QED) is 0.275. The molecule has 1 aliphatic rings. The van der Waals surface area contributed by atoms with E-state index in [2.05, 4.69) is 15.7 Å². The molecule has 0 radical (unpaired) electrons. The molecule has 1 aliphatic heterocycles. The van der Waals surface area contributed by atoms with E-state index in [0.717, 1.165) is 16.8 Å². The van der Waals surface area contributed by atoms with Gasteiger partial charge in [-0.1, -0.05) is 41.9 Å². The Morgan fingerprint density at radius 2 is 1.78 bits per heavy atom. The largest absolute Gasteiger partial charge is 0.490 e. The number of halogens is 1. The van der Waals surface area contributed by atoms with Gasteiger partial charge in [-0.15, -0.1) is 0 Å². The number of benzene rings is 3. The number of urea groups is 1. The van der Waals surface area contributed by atoms with Gasteiger partial charge in [-0.2, -0.15) is 5.10 Å². The van der Waals surface area contributed by atoms with E-state index in [4.69, 9.17) is 25.8 Å². The van der Waals surface area contributed by atoms with E-state index in [-0.39, 0.29) is 25.4 Å². The second-order valence-electron chi connectivity index (χ2n) is 9.43. The fourth-order valence-electron chi connectivity index (χ4n) is 4.38. The summed E-state index contributed by atoms with van der Waals surface area (Å²) < 4.78 is 19.3. The number of aryl methyl sites for hydroxylation is 1. The van der Waals surface area contributed by atoms with E-state index in [0.29, 0.717) is 41.8 Å². The molecule has 212 valence electrons. The number of hydrogen-bond donors (Lipinski definition) is 2. The Kier molecular flexibility index (Phi) is 9.02. The Hall–Kier alpha value is -4.54. The molecule has 3 aromatic carbocycles. The van der Waals surface area contributed by atoms with Crippen molar-refractivity contribution in [3.63, 3.8) is 0 Å². The van der Waals surface area contributed by atoms with Crippen LogP contribution >= 0.6 is 11.6 Å². The number of carbonyl (C=O) groups is 2. The van der Waals surface area contributed by atoms with Crippen molar-refractivity contribution in [3.05, 3.63) is 95.6 Å². The minimum absolute atomic E-state index is 0.213. The standard InChI is InChI=1S/C30H30ClN5O5/c1-35-27(13-14-32-35)26-17-24(34-29(37)33-23-9-7-22(31)8-10-23)11-12-28(26)40-20-25-18-36(15-16-39-25)30(38)41-19-21-5-3-2-4-6-21/h2-14,17,25H,15-16,18-20H2,1H3,(H2,33,34,37). The topological polar surface area (TPSA) is 107 Å². The molecule has 2 N–H and O–H groups in total. The first-order valence-corrected chi connectivity index (χ1v) is 13.5. The summed E-state index contributed by atoms with van der Waals surface area (Å²) in [4.78, 5) is 26.9. The zero-order valence-electron chi connectivity index (χ0n) is 22.5. The van der Waals surface area contributed by atoms with Crippen molar-refractivity contribution < 1.29 is 23.8 Å². The van der Waals surface area contributed by atoms with E-state index >= 15 is 0 Å². The van der Waals surface area contributed by atoms with Crippen molar-refractivity contribution >= 4 is 35.1 Å². The van der Waals surface area contributed by atoms with Crippen molar-refractivity contribution in [1.29, 1.82) is 0 Å². The van der Waals surface area contributed by atoms with Gasteiger partial charge in [0.15, 0.2) is 0 Å². The monoisotopic (exact) mass is 575 g/mol. The van der Waals surface area contributed by atoms with Crippen LogP contribution in [-0.4, -0.2) is 59.2 Å². The molecule has 5 rings (SSSR count). The molecular weight excluding hydrogens is 546 g/mol. The summed E-state index contributed by atoms with van der Waals surface area (Å²) in [5, 5.41) is 10.5. The molecule has 4 aromatic rings. The van der Waals surface area contributed by atoms with E-state index in [1.807, 2.05) is 49.5 Å². The number of amides is 3. The van der Waals surface area contributed by atoms with Crippen molar-refractivity contribution in [2.45, 2.75) is 12.7 Å². The normalized spacial score (nSPS) is 14.8. The average molecular weight is 576 g/mol. The van der Waals surface area contributed by atoms with Crippen molar-refractivity contribution in [3.8, 4) is 17.0 Å². The van der Waals surface area contributed by atoms with E-state index in [1.165, 1.54) is 0 Å². The average Bonchev–Trinajstić information content (AvgIpc) is 3.42. The zero-order chi connectivity index (χ0) is 28.6. The molecule has 1 aromatic heterocycles. The molecule has 10 nitrogen and oxygen atoms in total. The second kappa shape index (κ2) is 13.2. The van der Waals surface area contributed by atoms with Crippen molar-refractivity contribution in [2.24, 2.45) is 7.05 Å².